The van der Waals surface area contributed by atoms with Gasteiger partial charge in [-0.3, -0.25) is 16.0 Å². The minimum absolute atomic E-state index is 0.101. The molecule has 0 fully saturated rings. The van der Waals surface area contributed by atoms with E-state index in [1.54, 1.807) is 4.68 Å². The summed E-state index contributed by atoms with van der Waals surface area (Å²) in [6, 6.07) is -0.880. The van der Waals surface area contributed by atoms with Gasteiger partial charge in [0.05, 0.1) is 6.42 Å². The van der Waals surface area contributed by atoms with Crippen molar-refractivity contribution in [3.63, 3.8) is 0 Å². The second-order valence-electron chi connectivity index (χ2n) is 3.38. The molecule has 1 aromatic heterocycles. The van der Waals surface area contributed by atoms with Crippen molar-refractivity contribution in [1.29, 1.82) is 0 Å². The maximum Gasteiger partial charge on any atom is 0.390 e. The van der Waals surface area contributed by atoms with Crippen molar-refractivity contribution in [3.05, 3.63) is 12.2 Å². The van der Waals surface area contributed by atoms with Gasteiger partial charge in [0.15, 0.2) is 0 Å². The second-order valence-corrected chi connectivity index (χ2v) is 3.38. The zero-order valence-corrected chi connectivity index (χ0v) is 8.83. The molecule has 5 nitrogen and oxygen atoms in total. The molecule has 0 saturated carbocycles. The summed E-state index contributed by atoms with van der Waals surface area (Å²) in [7, 11) is 0. The van der Waals surface area contributed by atoms with Gasteiger partial charge < -0.3 is 0 Å². The molecule has 1 aromatic rings. The third-order valence-corrected chi connectivity index (χ3v) is 2.14. The van der Waals surface area contributed by atoms with E-state index in [2.05, 4.69) is 15.5 Å². The summed E-state index contributed by atoms with van der Waals surface area (Å²) in [6.45, 7) is 2.41. The topological polar surface area (TPSA) is 68.8 Å². The Balaban J connectivity index is 2.63. The van der Waals surface area contributed by atoms with Gasteiger partial charge in [-0.25, -0.2) is 4.98 Å². The van der Waals surface area contributed by atoms with Crippen LogP contribution in [0.4, 0.5) is 13.2 Å². The Morgan fingerprint density at radius 3 is 2.75 bits per heavy atom. The molecule has 92 valence electrons. The van der Waals surface area contributed by atoms with Crippen LogP contribution in [0.5, 0.6) is 0 Å². The van der Waals surface area contributed by atoms with Gasteiger partial charge in [0.1, 0.15) is 12.2 Å². The lowest BCUT2D eigenvalue weighted by molar-refractivity contribution is -0.140. The van der Waals surface area contributed by atoms with Crippen molar-refractivity contribution in [2.75, 3.05) is 0 Å². The van der Waals surface area contributed by atoms with Crippen LogP contribution in [0.1, 0.15) is 19.2 Å². The predicted octanol–water partition coefficient (Wildman–Crippen LogP) is 0.625. The van der Waals surface area contributed by atoms with E-state index < -0.39 is 18.6 Å². The Morgan fingerprint density at radius 1 is 1.56 bits per heavy atom. The van der Waals surface area contributed by atoms with E-state index in [4.69, 9.17) is 5.84 Å². The van der Waals surface area contributed by atoms with E-state index in [1.807, 2.05) is 6.92 Å². The lowest BCUT2D eigenvalue weighted by Gasteiger charge is -2.17. The first-order chi connectivity index (χ1) is 7.46. The average Bonchev–Trinajstić information content (AvgIpc) is 2.62. The second kappa shape index (κ2) is 5.26. The van der Waals surface area contributed by atoms with Gasteiger partial charge in [-0.1, -0.05) is 0 Å². The van der Waals surface area contributed by atoms with Crippen LogP contribution in [-0.2, 0) is 13.0 Å². The highest BCUT2D eigenvalue weighted by atomic mass is 19.4. The molecule has 0 aromatic carbocycles. The molecule has 0 aliphatic heterocycles. The zero-order valence-electron chi connectivity index (χ0n) is 8.83. The molecule has 1 unspecified atom stereocenters. The van der Waals surface area contributed by atoms with Crippen LogP contribution in [0.25, 0.3) is 0 Å². The zero-order chi connectivity index (χ0) is 12.2. The number of hydrazine groups is 1. The lowest BCUT2D eigenvalue weighted by Crippen LogP contribution is -2.40. The molecule has 0 spiro atoms. The molecule has 3 N–H and O–H groups in total. The Morgan fingerprint density at radius 2 is 2.25 bits per heavy atom. The fourth-order valence-corrected chi connectivity index (χ4v) is 1.40. The summed E-state index contributed by atoms with van der Waals surface area (Å²) in [5.41, 5.74) is 2.15. The van der Waals surface area contributed by atoms with Gasteiger partial charge in [0.25, 0.3) is 0 Å². The highest BCUT2D eigenvalue weighted by Gasteiger charge is 2.32. The van der Waals surface area contributed by atoms with Crippen molar-refractivity contribution < 1.29 is 13.2 Å². The van der Waals surface area contributed by atoms with E-state index in [0.29, 0.717) is 12.4 Å². The van der Waals surface area contributed by atoms with Crippen LogP contribution in [0.2, 0.25) is 0 Å². The normalized spacial score (nSPS) is 14.1. The minimum Gasteiger partial charge on any atom is -0.271 e. The molecule has 0 amide bonds. The summed E-state index contributed by atoms with van der Waals surface area (Å²) in [6.07, 6.45) is -3.81. The first-order valence-electron chi connectivity index (χ1n) is 4.85. The Hall–Kier alpha value is -1.15. The van der Waals surface area contributed by atoms with Gasteiger partial charge in [0, 0.05) is 19.0 Å². The molecule has 8 heteroatoms. The Bertz CT molecular complexity index is 322. The molecule has 0 aliphatic rings. The van der Waals surface area contributed by atoms with Gasteiger partial charge >= 0.3 is 6.18 Å². The van der Waals surface area contributed by atoms with Gasteiger partial charge in [-0.15, -0.1) is 0 Å². The number of alkyl halides is 3. The maximum atomic E-state index is 12.2. The van der Waals surface area contributed by atoms with E-state index >= 15 is 0 Å². The standard InChI is InChI=1S/C8H14F3N5/c1-2-16-7(13-5-14-16)3-6(15-12)4-8(9,10)11/h5-6,15H,2-4,12H2,1H3. The van der Waals surface area contributed by atoms with Crippen molar-refractivity contribution in [2.24, 2.45) is 5.84 Å². The van der Waals surface area contributed by atoms with Crippen LogP contribution >= 0.6 is 0 Å². The van der Waals surface area contributed by atoms with E-state index in [0.717, 1.165) is 0 Å². The number of halogens is 3. The average molecular weight is 237 g/mol. The molecule has 1 rings (SSSR count). The third kappa shape index (κ3) is 3.78. The first kappa shape index (κ1) is 12.9. The molecule has 16 heavy (non-hydrogen) atoms. The molecular weight excluding hydrogens is 223 g/mol. The molecule has 0 radical (unpaired) electrons. The molecular formula is C8H14F3N5. The minimum atomic E-state index is -4.24. The fraction of sp³-hybridized carbons (Fsp3) is 0.750. The number of nitrogens with two attached hydrogens (primary N) is 1. The SMILES string of the molecule is CCn1ncnc1CC(CC(F)(F)F)NN. The van der Waals surface area contributed by atoms with Gasteiger partial charge in [-0.2, -0.15) is 18.3 Å². The highest BCUT2D eigenvalue weighted by molar-refractivity contribution is 4.90. The van der Waals surface area contributed by atoms with E-state index in [-0.39, 0.29) is 6.42 Å². The van der Waals surface area contributed by atoms with Crippen molar-refractivity contribution in [1.82, 2.24) is 20.2 Å². The summed E-state index contributed by atoms with van der Waals surface area (Å²) in [5, 5.41) is 3.87. The number of aryl methyl sites for hydroxylation is 1. The molecule has 0 aliphatic carbocycles. The Kier molecular flexibility index (Phi) is 4.25. The monoisotopic (exact) mass is 237 g/mol. The van der Waals surface area contributed by atoms with E-state index in [9.17, 15) is 13.2 Å². The van der Waals surface area contributed by atoms with Gasteiger partial charge in [0.2, 0.25) is 0 Å². The number of nitrogens with zero attached hydrogens (tertiary/aromatic N) is 3. The number of rotatable bonds is 5. The van der Waals surface area contributed by atoms with Crippen LogP contribution < -0.4 is 11.3 Å². The summed E-state index contributed by atoms with van der Waals surface area (Å²) < 4.78 is 38.0. The predicted molar refractivity (Wildman–Crippen MR) is 51.2 cm³/mol. The van der Waals surface area contributed by atoms with Crippen molar-refractivity contribution in [2.45, 2.75) is 38.5 Å². The lowest BCUT2D eigenvalue weighted by atomic mass is 10.1. The summed E-state index contributed by atoms with van der Waals surface area (Å²) in [4.78, 5) is 3.89. The van der Waals surface area contributed by atoms with Crippen LogP contribution in [0.15, 0.2) is 6.33 Å². The smallest absolute Gasteiger partial charge is 0.271 e. The first-order valence-corrected chi connectivity index (χ1v) is 4.85. The van der Waals surface area contributed by atoms with Crippen molar-refractivity contribution >= 4 is 0 Å². The van der Waals surface area contributed by atoms with Crippen LogP contribution in [-0.4, -0.2) is 27.0 Å². The fourth-order valence-electron chi connectivity index (χ4n) is 1.40. The molecule has 0 bridgehead atoms. The number of nitrogens with one attached hydrogen (secondary N) is 1. The molecule has 0 saturated heterocycles. The summed E-state index contributed by atoms with van der Waals surface area (Å²) >= 11 is 0. The molecule has 1 atom stereocenters. The van der Waals surface area contributed by atoms with Crippen molar-refractivity contribution in [3.8, 4) is 0 Å². The third-order valence-electron chi connectivity index (χ3n) is 2.14. The number of hydrogen-bond donors (Lipinski definition) is 2. The van der Waals surface area contributed by atoms with E-state index in [1.165, 1.54) is 6.33 Å². The highest BCUT2D eigenvalue weighted by Crippen LogP contribution is 2.22. The molecule has 1 heterocycles. The van der Waals surface area contributed by atoms with Crippen LogP contribution in [0.3, 0.4) is 0 Å². The van der Waals surface area contributed by atoms with Gasteiger partial charge in [-0.05, 0) is 6.92 Å². The number of hydrogen-bond acceptors (Lipinski definition) is 4. The summed E-state index contributed by atoms with van der Waals surface area (Å²) in [5.74, 6) is 5.58. The number of aromatic nitrogens is 3. The van der Waals surface area contributed by atoms with Crippen LogP contribution in [0, 0.1) is 0 Å². The largest absolute Gasteiger partial charge is 0.390 e. The maximum absolute atomic E-state index is 12.2. The Labute approximate surface area is 90.8 Å². The quantitative estimate of drug-likeness (QED) is 0.582.